The molecular weight excluding hydrogens is 264 g/mol. The molecule has 3 nitrogen and oxygen atoms in total. The first-order valence-corrected chi connectivity index (χ1v) is 8.43. The van der Waals surface area contributed by atoms with E-state index in [1.807, 2.05) is 29.1 Å². The fraction of sp³-hybridized carbons (Fsp3) is 0.692. The van der Waals surface area contributed by atoms with E-state index in [-0.39, 0.29) is 5.91 Å². The Balaban J connectivity index is 2.04. The highest BCUT2D eigenvalue weighted by atomic mass is 32.2. The van der Waals surface area contributed by atoms with Crippen LogP contribution in [0.5, 0.6) is 0 Å². The van der Waals surface area contributed by atoms with Crippen LogP contribution in [0.2, 0.25) is 0 Å². The summed E-state index contributed by atoms with van der Waals surface area (Å²) in [6.45, 7) is 4.21. The zero-order chi connectivity index (χ0) is 13.1. The van der Waals surface area contributed by atoms with Crippen LogP contribution in [-0.4, -0.2) is 40.4 Å². The van der Waals surface area contributed by atoms with Crippen molar-refractivity contribution in [3.05, 3.63) is 16.1 Å². The lowest BCUT2D eigenvalue weighted by atomic mass is 10.1. The largest absolute Gasteiger partial charge is 0.337 e. The molecule has 2 heterocycles. The molecule has 0 bridgehead atoms. The first-order valence-electron chi connectivity index (χ1n) is 6.40. The number of hydrogen-bond donors (Lipinski definition) is 0. The van der Waals surface area contributed by atoms with Gasteiger partial charge in [0.1, 0.15) is 0 Å². The Kier molecular flexibility index (Phi) is 4.67. The number of thioether (sulfide) groups is 1. The lowest BCUT2D eigenvalue weighted by Crippen LogP contribution is -2.39. The summed E-state index contributed by atoms with van der Waals surface area (Å²) in [7, 11) is 1.92. The fourth-order valence-electron chi connectivity index (χ4n) is 2.04. The van der Waals surface area contributed by atoms with Gasteiger partial charge in [0.15, 0.2) is 5.01 Å². The van der Waals surface area contributed by atoms with Crippen LogP contribution in [0, 0.1) is 0 Å². The summed E-state index contributed by atoms with van der Waals surface area (Å²) in [5.41, 5.74) is 1.02. The van der Waals surface area contributed by atoms with E-state index >= 15 is 0 Å². The molecule has 1 aromatic heterocycles. The highest BCUT2D eigenvalue weighted by Crippen LogP contribution is 2.24. The molecule has 0 N–H and O–H groups in total. The Labute approximate surface area is 117 Å². The van der Waals surface area contributed by atoms with E-state index in [0.29, 0.717) is 17.0 Å². The molecule has 0 radical (unpaired) electrons. The topological polar surface area (TPSA) is 33.2 Å². The molecule has 1 fully saturated rings. The maximum Gasteiger partial charge on any atom is 0.282 e. The van der Waals surface area contributed by atoms with Gasteiger partial charge in [-0.1, -0.05) is 13.8 Å². The molecule has 2 rings (SSSR count). The summed E-state index contributed by atoms with van der Waals surface area (Å²) in [4.78, 5) is 18.7. The molecule has 5 heteroatoms. The van der Waals surface area contributed by atoms with Crippen molar-refractivity contribution in [2.45, 2.75) is 38.6 Å². The third kappa shape index (κ3) is 3.06. The third-order valence-electron chi connectivity index (χ3n) is 3.36. The number of rotatable bonds is 3. The Morgan fingerprint density at radius 1 is 1.44 bits per heavy atom. The van der Waals surface area contributed by atoms with Gasteiger partial charge in [0.2, 0.25) is 0 Å². The highest BCUT2D eigenvalue weighted by Gasteiger charge is 2.25. The summed E-state index contributed by atoms with van der Waals surface area (Å²) >= 11 is 3.45. The van der Waals surface area contributed by atoms with Crippen LogP contribution in [0.25, 0.3) is 0 Å². The molecule has 1 saturated heterocycles. The summed E-state index contributed by atoms with van der Waals surface area (Å²) in [5.74, 6) is 2.80. The number of thiazole rings is 1. The minimum Gasteiger partial charge on any atom is -0.337 e. The first-order chi connectivity index (χ1) is 8.59. The van der Waals surface area contributed by atoms with E-state index < -0.39 is 0 Å². The molecular formula is C13H20N2OS2. The van der Waals surface area contributed by atoms with Crippen LogP contribution in [-0.2, 0) is 0 Å². The van der Waals surface area contributed by atoms with Gasteiger partial charge in [0.25, 0.3) is 5.91 Å². The van der Waals surface area contributed by atoms with Gasteiger partial charge in [-0.25, -0.2) is 4.98 Å². The first kappa shape index (κ1) is 13.9. The maximum absolute atomic E-state index is 12.3. The van der Waals surface area contributed by atoms with E-state index in [4.69, 9.17) is 0 Å². The summed E-state index contributed by atoms with van der Waals surface area (Å²) in [6.07, 6.45) is 2.21. The lowest BCUT2D eigenvalue weighted by molar-refractivity contribution is 0.0723. The molecule has 1 amide bonds. The molecule has 1 aromatic rings. The summed E-state index contributed by atoms with van der Waals surface area (Å²) in [5, 5.41) is 2.64. The second-order valence-electron chi connectivity index (χ2n) is 4.99. The molecule has 0 saturated carbocycles. The van der Waals surface area contributed by atoms with Gasteiger partial charge in [-0.2, -0.15) is 11.8 Å². The smallest absolute Gasteiger partial charge is 0.282 e. The van der Waals surface area contributed by atoms with E-state index in [1.165, 1.54) is 11.3 Å². The molecule has 1 aliphatic heterocycles. The monoisotopic (exact) mass is 284 g/mol. The van der Waals surface area contributed by atoms with E-state index in [0.717, 1.165) is 30.0 Å². The van der Waals surface area contributed by atoms with Crippen LogP contribution in [0.4, 0.5) is 0 Å². The predicted octanol–water partition coefficient (Wildman–Crippen LogP) is 3.23. The fourth-order valence-corrected chi connectivity index (χ4v) is 4.08. The normalized spacial score (nSPS) is 17.1. The number of carbonyl (C=O) groups excluding carboxylic acids is 1. The van der Waals surface area contributed by atoms with Crippen molar-refractivity contribution in [3.8, 4) is 0 Å². The van der Waals surface area contributed by atoms with Crippen molar-refractivity contribution < 1.29 is 4.79 Å². The Morgan fingerprint density at radius 3 is 2.67 bits per heavy atom. The van der Waals surface area contributed by atoms with Crippen molar-refractivity contribution in [2.24, 2.45) is 0 Å². The van der Waals surface area contributed by atoms with Gasteiger partial charge in [-0.3, -0.25) is 4.79 Å². The number of nitrogens with zero attached hydrogens (tertiary/aromatic N) is 2. The Morgan fingerprint density at radius 2 is 2.11 bits per heavy atom. The third-order valence-corrected chi connectivity index (χ3v) is 5.25. The van der Waals surface area contributed by atoms with E-state index in [2.05, 4.69) is 18.8 Å². The molecule has 0 atom stereocenters. The number of hydrogen-bond acceptors (Lipinski definition) is 4. The van der Waals surface area contributed by atoms with E-state index in [9.17, 15) is 4.79 Å². The van der Waals surface area contributed by atoms with Gasteiger partial charge in [-0.15, -0.1) is 11.3 Å². The molecule has 0 unspecified atom stereocenters. The molecule has 1 aliphatic rings. The van der Waals surface area contributed by atoms with Crippen LogP contribution >= 0.6 is 23.1 Å². The zero-order valence-corrected chi connectivity index (χ0v) is 12.8. The van der Waals surface area contributed by atoms with Crippen molar-refractivity contribution >= 4 is 29.0 Å². The van der Waals surface area contributed by atoms with Crippen LogP contribution < -0.4 is 0 Å². The van der Waals surface area contributed by atoms with Crippen LogP contribution in [0.1, 0.15) is 48.1 Å². The van der Waals surface area contributed by atoms with Gasteiger partial charge in [0.05, 0.1) is 5.69 Å². The zero-order valence-electron chi connectivity index (χ0n) is 11.2. The predicted molar refractivity (Wildman–Crippen MR) is 78.6 cm³/mol. The second-order valence-corrected chi connectivity index (χ2v) is 7.07. The van der Waals surface area contributed by atoms with Crippen LogP contribution in [0.3, 0.4) is 0 Å². The number of aromatic nitrogens is 1. The minimum atomic E-state index is 0.0869. The average Bonchev–Trinajstić information content (AvgIpc) is 2.88. The van der Waals surface area contributed by atoms with Crippen molar-refractivity contribution in [1.29, 1.82) is 0 Å². The van der Waals surface area contributed by atoms with Gasteiger partial charge < -0.3 is 4.90 Å². The summed E-state index contributed by atoms with van der Waals surface area (Å²) in [6, 6.07) is 0.394. The van der Waals surface area contributed by atoms with Crippen molar-refractivity contribution in [1.82, 2.24) is 9.88 Å². The minimum absolute atomic E-state index is 0.0869. The maximum atomic E-state index is 12.3. The standard InChI is InChI=1S/C13H20N2OS2/c1-9(2)11-8-18-12(14-11)13(16)15(3)10-4-6-17-7-5-10/h8-10H,4-7H2,1-3H3. The molecule has 100 valence electrons. The van der Waals surface area contributed by atoms with Gasteiger partial charge in [0, 0.05) is 18.5 Å². The van der Waals surface area contributed by atoms with Crippen molar-refractivity contribution in [2.75, 3.05) is 18.6 Å². The molecule has 0 spiro atoms. The SMILES string of the molecule is CC(C)c1csc(C(=O)N(C)C2CCSCC2)n1. The average molecular weight is 284 g/mol. The lowest BCUT2D eigenvalue weighted by Gasteiger charge is -2.30. The molecule has 18 heavy (non-hydrogen) atoms. The van der Waals surface area contributed by atoms with Crippen molar-refractivity contribution in [3.63, 3.8) is 0 Å². The number of amides is 1. The highest BCUT2D eigenvalue weighted by molar-refractivity contribution is 7.99. The molecule has 0 aromatic carbocycles. The second kappa shape index (κ2) is 6.06. The Hall–Kier alpha value is -0.550. The van der Waals surface area contributed by atoms with E-state index in [1.54, 1.807) is 0 Å². The van der Waals surface area contributed by atoms with Gasteiger partial charge in [-0.05, 0) is 30.3 Å². The van der Waals surface area contributed by atoms with Crippen LogP contribution in [0.15, 0.2) is 5.38 Å². The number of carbonyl (C=O) groups is 1. The van der Waals surface area contributed by atoms with Gasteiger partial charge >= 0.3 is 0 Å². The quantitative estimate of drug-likeness (QED) is 0.854. The summed E-state index contributed by atoms with van der Waals surface area (Å²) < 4.78 is 0. The Bertz CT molecular complexity index is 411. The molecule has 0 aliphatic carbocycles.